The summed E-state index contributed by atoms with van der Waals surface area (Å²) in [5, 5.41) is 0.598. The maximum atomic E-state index is 12.6. The molecule has 0 atom stereocenters. The highest BCUT2D eigenvalue weighted by Gasteiger charge is 2.34. The number of benzene rings is 1. The van der Waals surface area contributed by atoms with Gasteiger partial charge in [-0.1, -0.05) is 34.1 Å². The van der Waals surface area contributed by atoms with E-state index < -0.39 is 11.7 Å². The van der Waals surface area contributed by atoms with E-state index in [1.807, 2.05) is 0 Å². The second-order valence-corrected chi connectivity index (χ2v) is 3.66. The molecular weight excluding hydrogens is 285 g/mol. The molecule has 0 bridgehead atoms. The van der Waals surface area contributed by atoms with Crippen molar-refractivity contribution in [2.24, 2.45) is 0 Å². The number of hydrogen-bond acceptors (Lipinski definition) is 1. The third kappa shape index (κ3) is 3.27. The van der Waals surface area contributed by atoms with E-state index in [2.05, 4.69) is 20.7 Å². The molecule has 0 aromatic heterocycles. The molecule has 1 rings (SSSR count). The van der Waals surface area contributed by atoms with Crippen LogP contribution in [0, 0.1) is 0 Å². The van der Waals surface area contributed by atoms with Gasteiger partial charge in [-0.2, -0.15) is 13.2 Å². The average Bonchev–Trinajstić information content (AvgIpc) is 2.24. The van der Waals surface area contributed by atoms with Crippen LogP contribution in [0.2, 0.25) is 0 Å². The van der Waals surface area contributed by atoms with Crippen LogP contribution in [0.25, 0.3) is 6.08 Å². The van der Waals surface area contributed by atoms with E-state index >= 15 is 0 Å². The van der Waals surface area contributed by atoms with Crippen molar-refractivity contribution in [3.05, 3.63) is 35.4 Å². The summed E-state index contributed by atoms with van der Waals surface area (Å²) < 4.78 is 42.6. The van der Waals surface area contributed by atoms with Crippen molar-refractivity contribution in [3.63, 3.8) is 0 Å². The Hall–Kier alpha value is -0.970. The fourth-order valence-electron chi connectivity index (χ4n) is 1.23. The van der Waals surface area contributed by atoms with Crippen LogP contribution >= 0.6 is 15.9 Å². The first-order chi connectivity index (χ1) is 7.49. The first kappa shape index (κ1) is 13.1. The van der Waals surface area contributed by atoms with E-state index in [9.17, 15) is 13.2 Å². The molecule has 0 saturated carbocycles. The molecule has 0 fully saturated rings. The number of hydrogen-bond donors (Lipinski definition) is 0. The second kappa shape index (κ2) is 5.39. The molecule has 0 saturated heterocycles. The number of rotatable bonds is 3. The van der Waals surface area contributed by atoms with Gasteiger partial charge in [0.25, 0.3) is 0 Å². The first-order valence-corrected chi connectivity index (χ1v) is 5.59. The summed E-state index contributed by atoms with van der Waals surface area (Å²) in [5.74, 6) is -0.163. The van der Waals surface area contributed by atoms with Gasteiger partial charge in [-0.15, -0.1) is 0 Å². The summed E-state index contributed by atoms with van der Waals surface area (Å²) in [7, 11) is 1.22. The number of ether oxygens (including phenoxy) is 1. The maximum Gasteiger partial charge on any atom is 0.419 e. The monoisotopic (exact) mass is 294 g/mol. The first-order valence-electron chi connectivity index (χ1n) is 4.46. The van der Waals surface area contributed by atoms with Crippen LogP contribution in [0.15, 0.2) is 24.3 Å². The summed E-state index contributed by atoms with van der Waals surface area (Å²) in [6.45, 7) is 0. The molecule has 1 aromatic carbocycles. The van der Waals surface area contributed by atoms with Crippen molar-refractivity contribution < 1.29 is 17.9 Å². The third-order valence-electron chi connectivity index (χ3n) is 1.93. The van der Waals surface area contributed by atoms with Crippen molar-refractivity contribution in [2.45, 2.75) is 6.18 Å². The summed E-state index contributed by atoms with van der Waals surface area (Å²) >= 11 is 3.16. The van der Waals surface area contributed by atoms with E-state index in [1.54, 1.807) is 18.2 Å². The van der Waals surface area contributed by atoms with Crippen LogP contribution in [0.3, 0.4) is 0 Å². The van der Waals surface area contributed by atoms with Crippen LogP contribution in [0.4, 0.5) is 13.2 Å². The van der Waals surface area contributed by atoms with Crippen LogP contribution in [-0.2, 0) is 6.18 Å². The Bertz CT molecular complexity index is 385. The van der Waals surface area contributed by atoms with Crippen LogP contribution in [0.1, 0.15) is 11.1 Å². The van der Waals surface area contributed by atoms with Gasteiger partial charge in [-0.05, 0) is 17.7 Å². The summed E-state index contributed by atoms with van der Waals surface area (Å²) in [6.07, 6.45) is -1.06. The fraction of sp³-hybridized carbons (Fsp3) is 0.273. The van der Waals surface area contributed by atoms with Gasteiger partial charge in [0.1, 0.15) is 5.75 Å². The van der Waals surface area contributed by atoms with Crippen LogP contribution in [-0.4, -0.2) is 12.4 Å². The predicted molar refractivity (Wildman–Crippen MR) is 60.8 cm³/mol. The van der Waals surface area contributed by atoms with E-state index in [4.69, 9.17) is 0 Å². The fourth-order valence-corrected chi connectivity index (χ4v) is 1.42. The quantitative estimate of drug-likeness (QED) is 0.762. The Labute approximate surface area is 100 Å². The normalized spacial score (nSPS) is 12.1. The second-order valence-electron chi connectivity index (χ2n) is 3.01. The van der Waals surface area contributed by atoms with Crippen LogP contribution in [0.5, 0.6) is 5.75 Å². The number of allylic oxidation sites excluding steroid dienone is 1. The standard InChI is InChI=1S/C11H10BrF3O/c1-16-10-5-4-8(3-2-6-12)7-9(10)11(13,14)15/h2-5,7H,6H2,1H3. The van der Waals surface area contributed by atoms with Gasteiger partial charge in [-0.3, -0.25) is 0 Å². The van der Waals surface area contributed by atoms with Gasteiger partial charge in [0.15, 0.2) is 0 Å². The number of methoxy groups -OCH3 is 1. The highest BCUT2D eigenvalue weighted by molar-refractivity contribution is 9.09. The van der Waals surface area contributed by atoms with Gasteiger partial charge in [0.05, 0.1) is 12.7 Å². The lowest BCUT2D eigenvalue weighted by atomic mass is 10.1. The third-order valence-corrected chi connectivity index (χ3v) is 2.30. The van der Waals surface area contributed by atoms with Gasteiger partial charge in [0, 0.05) is 5.33 Å². The van der Waals surface area contributed by atoms with E-state index in [0.29, 0.717) is 10.9 Å². The molecule has 0 aliphatic heterocycles. The molecule has 0 amide bonds. The molecule has 1 nitrogen and oxygen atoms in total. The van der Waals surface area contributed by atoms with Gasteiger partial charge in [-0.25, -0.2) is 0 Å². The molecule has 0 spiro atoms. The average molecular weight is 295 g/mol. The number of alkyl halides is 4. The highest BCUT2D eigenvalue weighted by Crippen LogP contribution is 2.36. The number of halogens is 4. The van der Waals surface area contributed by atoms with Gasteiger partial charge >= 0.3 is 6.18 Å². The maximum absolute atomic E-state index is 12.6. The molecule has 88 valence electrons. The topological polar surface area (TPSA) is 9.23 Å². The smallest absolute Gasteiger partial charge is 0.419 e. The summed E-state index contributed by atoms with van der Waals surface area (Å²) in [6, 6.07) is 3.96. The van der Waals surface area contributed by atoms with Crippen molar-refractivity contribution in [1.82, 2.24) is 0 Å². The van der Waals surface area contributed by atoms with Crippen molar-refractivity contribution in [3.8, 4) is 5.75 Å². The highest BCUT2D eigenvalue weighted by atomic mass is 79.9. The molecule has 0 aliphatic carbocycles. The zero-order chi connectivity index (χ0) is 12.2. The minimum absolute atomic E-state index is 0.163. The van der Waals surface area contributed by atoms with Crippen molar-refractivity contribution >= 4 is 22.0 Å². The van der Waals surface area contributed by atoms with Crippen molar-refractivity contribution in [2.75, 3.05) is 12.4 Å². The molecule has 16 heavy (non-hydrogen) atoms. The van der Waals surface area contributed by atoms with E-state index in [-0.39, 0.29) is 5.75 Å². The molecule has 1 aromatic rings. The molecule has 5 heteroatoms. The Morgan fingerprint density at radius 1 is 1.38 bits per heavy atom. The molecule has 0 N–H and O–H groups in total. The SMILES string of the molecule is COc1ccc(C=CCBr)cc1C(F)(F)F. The van der Waals surface area contributed by atoms with E-state index in [0.717, 1.165) is 6.07 Å². The van der Waals surface area contributed by atoms with Crippen molar-refractivity contribution in [1.29, 1.82) is 0 Å². The zero-order valence-corrected chi connectivity index (χ0v) is 10.1. The summed E-state index contributed by atoms with van der Waals surface area (Å²) in [4.78, 5) is 0. The van der Waals surface area contributed by atoms with E-state index in [1.165, 1.54) is 13.2 Å². The lowest BCUT2D eigenvalue weighted by molar-refractivity contribution is -0.138. The molecule has 0 heterocycles. The Morgan fingerprint density at radius 3 is 2.56 bits per heavy atom. The Balaban J connectivity index is 3.16. The molecule has 0 unspecified atom stereocenters. The predicted octanol–water partition coefficient (Wildman–Crippen LogP) is 4.12. The zero-order valence-electron chi connectivity index (χ0n) is 8.51. The lowest BCUT2D eigenvalue weighted by Crippen LogP contribution is -2.07. The molecule has 0 radical (unpaired) electrons. The molecule has 0 aliphatic rings. The van der Waals surface area contributed by atoms with Gasteiger partial charge in [0.2, 0.25) is 0 Å². The van der Waals surface area contributed by atoms with Gasteiger partial charge < -0.3 is 4.74 Å². The van der Waals surface area contributed by atoms with Crippen LogP contribution < -0.4 is 4.74 Å². The lowest BCUT2D eigenvalue weighted by Gasteiger charge is -2.12. The molecular formula is C11H10BrF3O. The Morgan fingerprint density at radius 2 is 2.06 bits per heavy atom. The largest absolute Gasteiger partial charge is 0.496 e. The minimum Gasteiger partial charge on any atom is -0.496 e. The minimum atomic E-state index is -4.40. The summed E-state index contributed by atoms with van der Waals surface area (Å²) in [5.41, 5.74) is -0.265. The Kier molecular flexibility index (Phi) is 4.41.